The first kappa shape index (κ1) is 19.6. The van der Waals surface area contributed by atoms with Gasteiger partial charge in [0, 0.05) is 22.7 Å². The molecule has 1 aliphatic carbocycles. The molecule has 5 nitrogen and oxygen atoms in total. The molecule has 2 heterocycles. The Morgan fingerprint density at radius 2 is 2.29 bits per heavy atom. The molecule has 0 spiro atoms. The number of nitrogens with zero attached hydrogens (tertiary/aromatic N) is 1. The highest BCUT2D eigenvalue weighted by Crippen LogP contribution is 2.47. The number of carboxylic acids is 1. The summed E-state index contributed by atoms with van der Waals surface area (Å²) < 4.78 is 26.7. The van der Waals surface area contributed by atoms with Gasteiger partial charge in [-0.05, 0) is 49.4 Å². The summed E-state index contributed by atoms with van der Waals surface area (Å²) in [5.41, 5.74) is 0.957. The Hall–Kier alpha value is -1.70. The van der Waals surface area contributed by atoms with Gasteiger partial charge in [-0.3, -0.25) is 0 Å². The predicted octanol–water partition coefficient (Wildman–Crippen LogP) is 5.08. The number of hydrogen-bond donors (Lipinski definition) is 1. The molecule has 0 radical (unpaired) electrons. The van der Waals surface area contributed by atoms with E-state index in [0.29, 0.717) is 35.2 Å². The lowest BCUT2D eigenvalue weighted by Gasteiger charge is -2.33. The van der Waals surface area contributed by atoms with Gasteiger partial charge in [-0.2, -0.15) is 0 Å². The van der Waals surface area contributed by atoms with Crippen LogP contribution in [0.25, 0.3) is 0 Å². The van der Waals surface area contributed by atoms with Crippen molar-refractivity contribution in [3.05, 3.63) is 44.9 Å². The molecule has 1 N–H and O–H groups in total. The van der Waals surface area contributed by atoms with Gasteiger partial charge in [0.25, 0.3) is 0 Å². The SMILES string of the molecule is Cc1cc(OC[C@@H]2[C@H]3CC[C@H](c4nc(C(=O)O)cs4)O[C@H]3C[C@@H]2F)ccc1Cl. The normalized spacial score (nSPS) is 29.5. The van der Waals surface area contributed by atoms with Crippen molar-refractivity contribution >= 4 is 28.9 Å². The lowest BCUT2D eigenvalue weighted by atomic mass is 9.87. The molecule has 0 bridgehead atoms. The fourth-order valence-electron chi connectivity index (χ4n) is 4.14. The molecule has 28 heavy (non-hydrogen) atoms. The summed E-state index contributed by atoms with van der Waals surface area (Å²) in [6.45, 7) is 2.21. The lowest BCUT2D eigenvalue weighted by Crippen LogP contribution is -2.32. The van der Waals surface area contributed by atoms with Crippen molar-refractivity contribution in [2.75, 3.05) is 6.61 Å². The molecule has 1 saturated heterocycles. The fourth-order valence-corrected chi connectivity index (χ4v) is 5.12. The number of aromatic nitrogens is 1. The Labute approximate surface area is 171 Å². The maximum Gasteiger partial charge on any atom is 0.355 e. The molecular weight excluding hydrogens is 405 g/mol. The van der Waals surface area contributed by atoms with Crippen LogP contribution in [-0.2, 0) is 4.74 Å². The molecule has 1 aliphatic heterocycles. The monoisotopic (exact) mass is 425 g/mol. The molecule has 5 atom stereocenters. The number of halogens is 2. The summed E-state index contributed by atoms with van der Waals surface area (Å²) >= 11 is 7.32. The van der Waals surface area contributed by atoms with Crippen LogP contribution in [0.4, 0.5) is 4.39 Å². The standard InChI is InChI=1S/C20H21ClFNO4S/c1-10-6-11(2-4-14(10)21)26-8-13-12-3-5-17(27-18(12)7-15(13)22)19-23-16(9-28-19)20(24)25/h2,4,6,9,12-13,15,17-18H,3,5,7-8H2,1H3,(H,24,25)/t12-,13-,15+,17-,18+/m1/s1. The predicted molar refractivity (Wildman–Crippen MR) is 104 cm³/mol. The Kier molecular flexibility index (Phi) is 5.58. The first-order chi connectivity index (χ1) is 13.4. The fraction of sp³-hybridized carbons (Fsp3) is 0.500. The molecule has 1 saturated carbocycles. The third-order valence-electron chi connectivity index (χ3n) is 5.64. The Bertz CT molecular complexity index is 876. The highest BCUT2D eigenvalue weighted by Gasteiger charge is 2.48. The van der Waals surface area contributed by atoms with Gasteiger partial charge in [0.05, 0.1) is 12.7 Å². The van der Waals surface area contributed by atoms with Crippen LogP contribution in [0.2, 0.25) is 5.02 Å². The molecule has 150 valence electrons. The van der Waals surface area contributed by atoms with Gasteiger partial charge < -0.3 is 14.6 Å². The molecular formula is C20H21ClFNO4S. The van der Waals surface area contributed by atoms with Crippen molar-refractivity contribution in [1.82, 2.24) is 4.98 Å². The van der Waals surface area contributed by atoms with Crippen molar-refractivity contribution in [2.45, 2.75) is 44.6 Å². The van der Waals surface area contributed by atoms with Crippen LogP contribution in [0, 0.1) is 18.8 Å². The van der Waals surface area contributed by atoms with Crippen molar-refractivity contribution in [3.8, 4) is 5.75 Å². The number of carboxylic acid groups (broad SMARTS) is 1. The molecule has 1 aromatic carbocycles. The summed E-state index contributed by atoms with van der Waals surface area (Å²) in [7, 11) is 0. The Balaban J connectivity index is 1.39. The van der Waals surface area contributed by atoms with Gasteiger partial charge in [-0.15, -0.1) is 11.3 Å². The third-order valence-corrected chi connectivity index (χ3v) is 7.00. The number of alkyl halides is 1. The number of thiazole rings is 1. The first-order valence-corrected chi connectivity index (χ1v) is 10.6. The zero-order valence-electron chi connectivity index (χ0n) is 15.3. The van der Waals surface area contributed by atoms with Crippen LogP contribution in [0.5, 0.6) is 5.75 Å². The number of benzene rings is 1. The summed E-state index contributed by atoms with van der Waals surface area (Å²) in [6.07, 6.45) is 0.429. The van der Waals surface area contributed by atoms with Crippen molar-refractivity contribution < 1.29 is 23.8 Å². The molecule has 1 aromatic heterocycles. The Morgan fingerprint density at radius 3 is 3.00 bits per heavy atom. The van der Waals surface area contributed by atoms with E-state index in [4.69, 9.17) is 26.2 Å². The van der Waals surface area contributed by atoms with E-state index in [-0.39, 0.29) is 29.7 Å². The van der Waals surface area contributed by atoms with Crippen molar-refractivity contribution in [3.63, 3.8) is 0 Å². The van der Waals surface area contributed by atoms with Crippen molar-refractivity contribution in [2.24, 2.45) is 11.8 Å². The highest BCUT2D eigenvalue weighted by molar-refractivity contribution is 7.09. The summed E-state index contributed by atoms with van der Waals surface area (Å²) in [5.74, 6) is -0.474. The highest BCUT2D eigenvalue weighted by atomic mass is 35.5. The van der Waals surface area contributed by atoms with E-state index in [1.807, 2.05) is 13.0 Å². The Morgan fingerprint density at radius 1 is 1.46 bits per heavy atom. The molecule has 8 heteroatoms. The van der Waals surface area contributed by atoms with E-state index in [9.17, 15) is 9.18 Å². The van der Waals surface area contributed by atoms with Gasteiger partial charge in [0.2, 0.25) is 0 Å². The van der Waals surface area contributed by atoms with E-state index in [2.05, 4.69) is 4.98 Å². The second-order valence-corrected chi connectivity index (χ2v) is 8.71. The molecule has 0 amide bonds. The number of ether oxygens (including phenoxy) is 2. The molecule has 2 fully saturated rings. The van der Waals surface area contributed by atoms with Gasteiger partial charge in [0.1, 0.15) is 23.0 Å². The van der Waals surface area contributed by atoms with Crippen LogP contribution in [0.1, 0.15) is 46.4 Å². The van der Waals surface area contributed by atoms with Gasteiger partial charge in [-0.1, -0.05) is 11.6 Å². The number of carbonyl (C=O) groups is 1. The number of aromatic carboxylic acids is 1. The number of rotatable bonds is 5. The number of aryl methyl sites for hydroxylation is 1. The van der Waals surface area contributed by atoms with Gasteiger partial charge in [0.15, 0.2) is 5.69 Å². The lowest BCUT2D eigenvalue weighted by molar-refractivity contribution is -0.0811. The maximum absolute atomic E-state index is 14.7. The van der Waals surface area contributed by atoms with Crippen LogP contribution < -0.4 is 4.74 Å². The van der Waals surface area contributed by atoms with Gasteiger partial charge in [-0.25, -0.2) is 14.2 Å². The van der Waals surface area contributed by atoms with Crippen LogP contribution in [0.3, 0.4) is 0 Å². The largest absolute Gasteiger partial charge is 0.493 e. The summed E-state index contributed by atoms with van der Waals surface area (Å²) in [6, 6.07) is 5.44. The van der Waals surface area contributed by atoms with Crippen LogP contribution in [-0.4, -0.2) is 34.9 Å². The average molecular weight is 426 g/mol. The van der Waals surface area contributed by atoms with Crippen molar-refractivity contribution in [1.29, 1.82) is 0 Å². The van der Waals surface area contributed by atoms with E-state index < -0.39 is 12.1 Å². The molecule has 0 unspecified atom stereocenters. The van der Waals surface area contributed by atoms with E-state index in [1.165, 1.54) is 16.7 Å². The second kappa shape index (κ2) is 7.97. The molecule has 4 rings (SSSR count). The minimum Gasteiger partial charge on any atom is -0.493 e. The number of fused-ring (bicyclic) bond motifs is 1. The average Bonchev–Trinajstić information content (AvgIpc) is 3.27. The van der Waals surface area contributed by atoms with E-state index in [1.54, 1.807) is 12.1 Å². The summed E-state index contributed by atoms with van der Waals surface area (Å²) in [5, 5.41) is 11.9. The third kappa shape index (κ3) is 3.88. The van der Waals surface area contributed by atoms with E-state index in [0.717, 1.165) is 12.0 Å². The van der Waals surface area contributed by atoms with Crippen LogP contribution in [0.15, 0.2) is 23.6 Å². The molecule has 2 aromatic rings. The molecule has 2 aliphatic rings. The number of hydrogen-bond acceptors (Lipinski definition) is 5. The smallest absolute Gasteiger partial charge is 0.355 e. The zero-order valence-corrected chi connectivity index (χ0v) is 16.9. The quantitative estimate of drug-likeness (QED) is 0.723. The maximum atomic E-state index is 14.7. The van der Waals surface area contributed by atoms with Crippen LogP contribution >= 0.6 is 22.9 Å². The minimum absolute atomic E-state index is 0.0325. The van der Waals surface area contributed by atoms with Gasteiger partial charge >= 0.3 is 5.97 Å². The van der Waals surface area contributed by atoms with E-state index >= 15 is 0 Å². The summed E-state index contributed by atoms with van der Waals surface area (Å²) in [4.78, 5) is 15.2. The second-order valence-electron chi connectivity index (χ2n) is 7.42. The first-order valence-electron chi connectivity index (χ1n) is 9.29. The minimum atomic E-state index is -1.05. The zero-order chi connectivity index (χ0) is 19.8. The topological polar surface area (TPSA) is 68.7 Å².